The highest BCUT2D eigenvalue weighted by Gasteiger charge is 1.84. The lowest BCUT2D eigenvalue weighted by Crippen LogP contribution is -1.69. The van der Waals surface area contributed by atoms with E-state index >= 15 is 0 Å². The van der Waals surface area contributed by atoms with Gasteiger partial charge in [0.2, 0.25) is 0 Å². The number of hydrogen-bond acceptors (Lipinski definition) is 1. The topological polar surface area (TPSA) is 23.8 Å². The highest BCUT2D eigenvalue weighted by Crippen LogP contribution is 2.21. The molecule has 0 aromatic carbocycles. The summed E-state index contributed by atoms with van der Waals surface area (Å²) in [6, 6.07) is 2.10. The number of nitrogens with zero attached hydrogens (tertiary/aromatic N) is 1. The average Bonchev–Trinajstić information content (AvgIpc) is 1.35. The molecule has 0 spiro atoms. The van der Waals surface area contributed by atoms with E-state index in [0.29, 0.717) is 0 Å². The second-order valence-corrected chi connectivity index (χ2v) is 3.87. The Balaban J connectivity index is 2.88. The highest BCUT2D eigenvalue weighted by atomic mass is 31.1. The van der Waals surface area contributed by atoms with Crippen molar-refractivity contribution in [2.24, 2.45) is 0 Å². The van der Waals surface area contributed by atoms with Crippen molar-refractivity contribution >= 4 is 7.92 Å². The first-order valence-electron chi connectivity index (χ1n) is 1.79. The van der Waals surface area contributed by atoms with Crippen LogP contribution >= 0.6 is 7.92 Å². The van der Waals surface area contributed by atoms with Gasteiger partial charge in [-0.25, -0.2) is 0 Å². The summed E-state index contributed by atoms with van der Waals surface area (Å²) in [7, 11) is 0.0383. The maximum absolute atomic E-state index is 8.00. The Morgan fingerprint density at radius 2 is 2.17 bits per heavy atom. The van der Waals surface area contributed by atoms with Gasteiger partial charge in [-0.3, -0.25) is 0 Å². The summed E-state index contributed by atoms with van der Waals surface area (Å²) in [6.45, 7) is 4.19. The van der Waals surface area contributed by atoms with Crippen LogP contribution in [0.5, 0.6) is 0 Å². The van der Waals surface area contributed by atoms with Gasteiger partial charge < -0.3 is 0 Å². The smallest absolute Gasteiger partial charge is 0.0668 e. The van der Waals surface area contributed by atoms with E-state index in [4.69, 9.17) is 5.26 Å². The molecule has 0 heterocycles. The normalized spacial score (nSPS) is 8.33. The summed E-state index contributed by atoms with van der Waals surface area (Å²) in [6.07, 6.45) is 0.745. The summed E-state index contributed by atoms with van der Waals surface area (Å²) in [5.74, 6) is 0. The quantitative estimate of drug-likeness (QED) is 0.456. The van der Waals surface area contributed by atoms with Crippen LogP contribution in [0, 0.1) is 11.3 Å². The molecular weight excluding hydrogens is 93.0 g/mol. The summed E-state index contributed by atoms with van der Waals surface area (Å²) in [4.78, 5) is 0. The van der Waals surface area contributed by atoms with E-state index in [2.05, 4.69) is 19.4 Å². The molecule has 0 N–H and O–H groups in total. The lowest BCUT2D eigenvalue weighted by Gasteiger charge is -1.90. The van der Waals surface area contributed by atoms with Crippen molar-refractivity contribution in [3.63, 3.8) is 0 Å². The van der Waals surface area contributed by atoms with Gasteiger partial charge in [0.25, 0.3) is 0 Å². The minimum absolute atomic E-state index is 0.0383. The fraction of sp³-hybridized carbons (Fsp3) is 0.750. The Labute approximate surface area is 39.7 Å². The number of hydrogen-bond donors (Lipinski definition) is 0. The second kappa shape index (κ2) is 3.12. The molecule has 0 aliphatic heterocycles. The largest absolute Gasteiger partial charge is 0.198 e. The zero-order chi connectivity index (χ0) is 4.99. The molecule has 2 heteroatoms. The van der Waals surface area contributed by atoms with E-state index in [1.807, 2.05) is 0 Å². The minimum atomic E-state index is 0.0383. The molecular formula is C4H8NP. The summed E-state index contributed by atoms with van der Waals surface area (Å²) in [5, 5.41) is 8.00. The molecule has 0 rings (SSSR count). The first-order valence-corrected chi connectivity index (χ1v) is 4.21. The fourth-order valence-corrected chi connectivity index (χ4v) is 0.424. The van der Waals surface area contributed by atoms with Gasteiger partial charge in [-0.2, -0.15) is 5.26 Å². The third-order valence-electron chi connectivity index (χ3n) is 0.387. The second-order valence-electron chi connectivity index (χ2n) is 1.40. The van der Waals surface area contributed by atoms with Gasteiger partial charge in [0.05, 0.1) is 12.2 Å². The van der Waals surface area contributed by atoms with Crippen LogP contribution in [0.25, 0.3) is 0 Å². The molecule has 0 saturated heterocycles. The molecule has 0 bridgehead atoms. The van der Waals surface area contributed by atoms with Crippen molar-refractivity contribution in [3.05, 3.63) is 0 Å². The van der Waals surface area contributed by atoms with Crippen LogP contribution in [-0.2, 0) is 0 Å². The van der Waals surface area contributed by atoms with Crippen LogP contribution in [0.1, 0.15) is 0 Å². The van der Waals surface area contributed by atoms with Crippen molar-refractivity contribution in [3.8, 4) is 6.07 Å². The molecule has 0 aliphatic carbocycles. The molecule has 1 nitrogen and oxygen atoms in total. The van der Waals surface area contributed by atoms with Gasteiger partial charge in [0.15, 0.2) is 0 Å². The molecule has 0 fully saturated rings. The molecule has 0 amide bonds. The van der Waals surface area contributed by atoms with Gasteiger partial charge in [-0.05, 0) is 13.3 Å². The fourth-order valence-electron chi connectivity index (χ4n) is 0.141. The maximum Gasteiger partial charge on any atom is 0.0668 e. The average molecular weight is 101 g/mol. The molecule has 0 aromatic heterocycles. The molecule has 0 unspecified atom stereocenters. The van der Waals surface area contributed by atoms with E-state index in [1.54, 1.807) is 0 Å². The van der Waals surface area contributed by atoms with Gasteiger partial charge >= 0.3 is 0 Å². The zero-order valence-corrected chi connectivity index (χ0v) is 5.00. The van der Waals surface area contributed by atoms with Gasteiger partial charge in [0, 0.05) is 0 Å². The SMILES string of the molecule is CP(C)CC#N. The van der Waals surface area contributed by atoms with Gasteiger partial charge in [-0.1, -0.05) is 7.92 Å². The number of nitriles is 1. The third-order valence-corrected chi connectivity index (χ3v) is 1.16. The zero-order valence-electron chi connectivity index (χ0n) is 4.10. The molecule has 0 aromatic rings. The van der Waals surface area contributed by atoms with E-state index < -0.39 is 0 Å². The van der Waals surface area contributed by atoms with Crippen molar-refractivity contribution < 1.29 is 0 Å². The van der Waals surface area contributed by atoms with Crippen molar-refractivity contribution in [2.75, 3.05) is 19.5 Å². The first-order chi connectivity index (χ1) is 2.77. The number of rotatable bonds is 1. The molecule has 0 aliphatic rings. The van der Waals surface area contributed by atoms with E-state index in [9.17, 15) is 0 Å². The maximum atomic E-state index is 8.00. The minimum Gasteiger partial charge on any atom is -0.198 e. The van der Waals surface area contributed by atoms with E-state index in [-0.39, 0.29) is 7.92 Å². The Morgan fingerprint density at radius 3 is 2.17 bits per heavy atom. The summed E-state index contributed by atoms with van der Waals surface area (Å²) < 4.78 is 0. The third kappa shape index (κ3) is 3.92. The predicted molar refractivity (Wildman–Crippen MR) is 29.2 cm³/mol. The lowest BCUT2D eigenvalue weighted by molar-refractivity contribution is 1.49. The Hall–Kier alpha value is -0.0800. The molecule has 34 valence electrons. The van der Waals surface area contributed by atoms with Gasteiger partial charge in [-0.15, -0.1) is 0 Å². The molecule has 6 heavy (non-hydrogen) atoms. The predicted octanol–water partition coefficient (Wildman–Crippen LogP) is 1.25. The van der Waals surface area contributed by atoms with Crippen LogP contribution in [0.4, 0.5) is 0 Å². The van der Waals surface area contributed by atoms with Crippen molar-refractivity contribution in [2.45, 2.75) is 0 Å². The first kappa shape index (κ1) is 5.92. The molecule has 0 radical (unpaired) electrons. The van der Waals surface area contributed by atoms with Crippen LogP contribution in [0.15, 0.2) is 0 Å². The standard InChI is InChI=1S/C4H8NP/c1-6(2)4-3-5/h4H2,1-2H3. The lowest BCUT2D eigenvalue weighted by atomic mass is 10.9. The van der Waals surface area contributed by atoms with Crippen LogP contribution in [0.2, 0.25) is 0 Å². The van der Waals surface area contributed by atoms with Gasteiger partial charge in [0.1, 0.15) is 0 Å². The monoisotopic (exact) mass is 101 g/mol. The van der Waals surface area contributed by atoms with E-state index in [0.717, 1.165) is 6.16 Å². The summed E-state index contributed by atoms with van der Waals surface area (Å²) in [5.41, 5.74) is 0. The Kier molecular flexibility index (Phi) is 3.08. The highest BCUT2D eigenvalue weighted by molar-refractivity contribution is 7.56. The van der Waals surface area contributed by atoms with Crippen LogP contribution in [0.3, 0.4) is 0 Å². The summed E-state index contributed by atoms with van der Waals surface area (Å²) >= 11 is 0. The van der Waals surface area contributed by atoms with Crippen molar-refractivity contribution in [1.29, 1.82) is 5.26 Å². The van der Waals surface area contributed by atoms with E-state index in [1.165, 1.54) is 0 Å². The van der Waals surface area contributed by atoms with Crippen LogP contribution in [-0.4, -0.2) is 19.5 Å². The van der Waals surface area contributed by atoms with Crippen LogP contribution < -0.4 is 0 Å². The Bertz CT molecular complexity index is 62.4. The van der Waals surface area contributed by atoms with Crippen molar-refractivity contribution in [1.82, 2.24) is 0 Å². The Morgan fingerprint density at radius 1 is 1.67 bits per heavy atom. The molecule has 0 atom stereocenters. The molecule has 0 saturated carbocycles.